The number of carbonyl (C=O) groups excluding carboxylic acids is 2. The summed E-state index contributed by atoms with van der Waals surface area (Å²) in [5.41, 5.74) is 1.31. The van der Waals surface area contributed by atoms with Gasteiger partial charge in [0.25, 0.3) is 5.91 Å². The predicted molar refractivity (Wildman–Crippen MR) is 142 cm³/mol. The quantitative estimate of drug-likeness (QED) is 0.502. The van der Waals surface area contributed by atoms with Crippen molar-refractivity contribution in [2.45, 2.75) is 25.6 Å². The van der Waals surface area contributed by atoms with E-state index in [2.05, 4.69) is 5.32 Å². The van der Waals surface area contributed by atoms with Crippen molar-refractivity contribution in [1.82, 2.24) is 14.7 Å². The van der Waals surface area contributed by atoms with Gasteiger partial charge >= 0.3 is 6.18 Å². The molecule has 2 amide bonds. The molecule has 0 saturated heterocycles. The van der Waals surface area contributed by atoms with E-state index in [0.717, 1.165) is 31.1 Å². The molecule has 0 bridgehead atoms. The summed E-state index contributed by atoms with van der Waals surface area (Å²) in [4.78, 5) is 33.9. The van der Waals surface area contributed by atoms with E-state index in [-0.39, 0.29) is 37.0 Å². The van der Waals surface area contributed by atoms with Crippen molar-refractivity contribution in [3.05, 3.63) is 59.2 Å². The predicted octanol–water partition coefficient (Wildman–Crippen LogP) is 4.01. The van der Waals surface area contributed by atoms with Crippen LogP contribution in [0.25, 0.3) is 0 Å². The molecule has 0 spiro atoms. The number of alkyl halides is 3. The number of hydrogen-bond acceptors (Lipinski definition) is 5. The van der Waals surface area contributed by atoms with Crippen LogP contribution in [0.3, 0.4) is 0 Å². The van der Waals surface area contributed by atoms with Crippen LogP contribution < -0.4 is 10.2 Å². The highest BCUT2D eigenvalue weighted by molar-refractivity contribution is 6.03. The number of likely N-dealkylation sites (N-methyl/N-ethyl adjacent to an activating group) is 2. The third kappa shape index (κ3) is 6.78. The number of fused-ring (bicyclic) bond motifs is 1. The minimum Gasteiger partial charge on any atom is -0.374 e. The van der Waals surface area contributed by atoms with Crippen LogP contribution in [0, 0.1) is 5.92 Å². The summed E-state index contributed by atoms with van der Waals surface area (Å²) in [6.45, 7) is 2.60. The van der Waals surface area contributed by atoms with Crippen LogP contribution in [0.1, 0.15) is 34.3 Å². The van der Waals surface area contributed by atoms with E-state index in [1.54, 1.807) is 12.1 Å². The van der Waals surface area contributed by atoms with Crippen LogP contribution in [-0.4, -0.2) is 86.9 Å². The standard InChI is InChI=1S/C28H36F3N5O2/c1-33(2)13-15-35(19-21-7-4-5-9-23(21)28(29,30)31)25(37)17-32-24-10-6-8-22-26(24)34(3)14-16-36(27(22)38)18-20-11-12-20/h4-10,20,32H,11-19H2,1-3H3. The lowest BCUT2D eigenvalue weighted by Gasteiger charge is -2.27. The molecule has 1 saturated carbocycles. The molecule has 1 fully saturated rings. The van der Waals surface area contributed by atoms with Crippen LogP contribution >= 0.6 is 0 Å². The fourth-order valence-electron chi connectivity index (χ4n) is 4.75. The molecule has 0 atom stereocenters. The van der Waals surface area contributed by atoms with Gasteiger partial charge in [0.15, 0.2) is 0 Å². The molecule has 206 valence electrons. The van der Waals surface area contributed by atoms with Gasteiger partial charge in [-0.1, -0.05) is 24.3 Å². The monoisotopic (exact) mass is 531 g/mol. The molecular formula is C28H36F3N5O2. The highest BCUT2D eigenvalue weighted by Crippen LogP contribution is 2.35. The molecule has 4 rings (SSSR count). The van der Waals surface area contributed by atoms with Crippen LogP contribution in [0.15, 0.2) is 42.5 Å². The number of amides is 2. The fourth-order valence-corrected chi connectivity index (χ4v) is 4.75. The van der Waals surface area contributed by atoms with Crippen molar-refractivity contribution in [2.24, 2.45) is 5.92 Å². The number of halogens is 3. The number of para-hydroxylation sites is 1. The number of carbonyl (C=O) groups is 2. The van der Waals surface area contributed by atoms with E-state index in [1.165, 1.54) is 17.0 Å². The smallest absolute Gasteiger partial charge is 0.374 e. The first-order valence-corrected chi connectivity index (χ1v) is 13.0. The molecule has 1 heterocycles. The average Bonchev–Trinajstić information content (AvgIpc) is 3.71. The molecule has 0 radical (unpaired) electrons. The van der Waals surface area contributed by atoms with Crippen molar-refractivity contribution in [1.29, 1.82) is 0 Å². The summed E-state index contributed by atoms with van der Waals surface area (Å²) >= 11 is 0. The van der Waals surface area contributed by atoms with Crippen molar-refractivity contribution in [3.63, 3.8) is 0 Å². The van der Waals surface area contributed by atoms with Gasteiger partial charge in [0.1, 0.15) is 0 Å². The van der Waals surface area contributed by atoms with Crippen molar-refractivity contribution >= 4 is 23.2 Å². The molecule has 0 unspecified atom stereocenters. The molecule has 38 heavy (non-hydrogen) atoms. The second-order valence-corrected chi connectivity index (χ2v) is 10.4. The number of rotatable bonds is 10. The van der Waals surface area contributed by atoms with Gasteiger partial charge in [0.2, 0.25) is 5.91 Å². The Morgan fingerprint density at radius 1 is 1.05 bits per heavy atom. The second-order valence-electron chi connectivity index (χ2n) is 10.4. The second kappa shape index (κ2) is 11.6. The molecule has 1 aliphatic carbocycles. The number of benzene rings is 2. The van der Waals surface area contributed by atoms with Gasteiger partial charge in [-0.2, -0.15) is 13.2 Å². The zero-order valence-electron chi connectivity index (χ0n) is 22.2. The molecule has 1 N–H and O–H groups in total. The zero-order valence-corrected chi connectivity index (χ0v) is 22.2. The van der Waals surface area contributed by atoms with E-state index >= 15 is 0 Å². The van der Waals surface area contributed by atoms with E-state index in [1.807, 2.05) is 48.0 Å². The summed E-state index contributed by atoms with van der Waals surface area (Å²) in [6.07, 6.45) is -2.18. The third-order valence-electron chi connectivity index (χ3n) is 7.10. The minimum absolute atomic E-state index is 0.0115. The Kier molecular flexibility index (Phi) is 8.50. The number of nitrogens with zero attached hydrogens (tertiary/aromatic N) is 4. The van der Waals surface area contributed by atoms with Gasteiger partial charge in [-0.3, -0.25) is 9.59 Å². The Labute approximate surface area is 222 Å². The Hall–Kier alpha value is -3.27. The maximum absolute atomic E-state index is 13.6. The van der Waals surface area contributed by atoms with Crippen LogP contribution in [0.2, 0.25) is 0 Å². The van der Waals surface area contributed by atoms with Crippen molar-refractivity contribution in [2.75, 3.05) is 70.6 Å². The van der Waals surface area contributed by atoms with Crippen molar-refractivity contribution in [3.8, 4) is 0 Å². The summed E-state index contributed by atoms with van der Waals surface area (Å²) < 4.78 is 40.8. The zero-order chi connectivity index (χ0) is 27.4. The maximum Gasteiger partial charge on any atom is 0.416 e. The molecule has 2 aromatic carbocycles. The SMILES string of the molecule is CN(C)CCN(Cc1ccccc1C(F)(F)F)C(=O)CNc1cccc2c1N(C)CCN(CC1CC1)C2=O. The molecule has 1 aliphatic heterocycles. The van der Waals surface area contributed by atoms with E-state index in [9.17, 15) is 22.8 Å². The van der Waals surface area contributed by atoms with Crippen LogP contribution in [-0.2, 0) is 17.5 Å². The summed E-state index contributed by atoms with van der Waals surface area (Å²) in [5.74, 6) is 0.252. The largest absolute Gasteiger partial charge is 0.416 e. The van der Waals surface area contributed by atoms with E-state index < -0.39 is 11.7 Å². The van der Waals surface area contributed by atoms with Crippen LogP contribution in [0.5, 0.6) is 0 Å². The average molecular weight is 532 g/mol. The Balaban J connectivity index is 1.52. The number of anilines is 2. The van der Waals surface area contributed by atoms with E-state index in [4.69, 9.17) is 0 Å². The Morgan fingerprint density at radius 3 is 2.47 bits per heavy atom. The first-order chi connectivity index (χ1) is 18.0. The molecular weight excluding hydrogens is 495 g/mol. The van der Waals surface area contributed by atoms with Gasteiger partial charge in [-0.05, 0) is 56.6 Å². The highest BCUT2D eigenvalue weighted by Gasteiger charge is 2.34. The number of nitrogens with one attached hydrogen (secondary N) is 1. The number of hydrogen-bond donors (Lipinski definition) is 1. The molecule has 0 aromatic heterocycles. The minimum atomic E-state index is -4.50. The maximum atomic E-state index is 13.6. The summed E-state index contributed by atoms with van der Waals surface area (Å²) in [6, 6.07) is 10.8. The summed E-state index contributed by atoms with van der Waals surface area (Å²) in [7, 11) is 5.63. The lowest BCUT2D eigenvalue weighted by Crippen LogP contribution is -2.40. The first kappa shape index (κ1) is 27.8. The van der Waals surface area contributed by atoms with Gasteiger partial charge in [-0.15, -0.1) is 0 Å². The highest BCUT2D eigenvalue weighted by atomic mass is 19.4. The summed E-state index contributed by atoms with van der Waals surface area (Å²) in [5, 5.41) is 3.18. The molecule has 7 nitrogen and oxygen atoms in total. The lowest BCUT2D eigenvalue weighted by atomic mass is 10.1. The first-order valence-electron chi connectivity index (χ1n) is 13.0. The molecule has 2 aromatic rings. The Bertz CT molecular complexity index is 1150. The third-order valence-corrected chi connectivity index (χ3v) is 7.10. The Morgan fingerprint density at radius 2 is 1.79 bits per heavy atom. The topological polar surface area (TPSA) is 59.1 Å². The van der Waals surface area contributed by atoms with Crippen LogP contribution in [0.4, 0.5) is 24.5 Å². The van der Waals surface area contributed by atoms with Gasteiger partial charge < -0.3 is 24.9 Å². The van der Waals surface area contributed by atoms with E-state index in [0.29, 0.717) is 36.8 Å². The lowest BCUT2D eigenvalue weighted by molar-refractivity contribution is -0.139. The van der Waals surface area contributed by atoms with Crippen molar-refractivity contribution < 1.29 is 22.8 Å². The normalized spacial score (nSPS) is 15.9. The molecule has 2 aliphatic rings. The van der Waals surface area contributed by atoms with Gasteiger partial charge in [-0.25, -0.2) is 0 Å². The molecule has 10 heteroatoms. The van der Waals surface area contributed by atoms with Gasteiger partial charge in [0, 0.05) is 46.3 Å². The van der Waals surface area contributed by atoms with Gasteiger partial charge in [0.05, 0.1) is 29.0 Å². The fraction of sp³-hybridized carbons (Fsp3) is 0.500.